The molecular weight excluding hydrogens is 395 g/mol. The predicted molar refractivity (Wildman–Crippen MR) is 116 cm³/mol. The van der Waals surface area contributed by atoms with Crippen molar-refractivity contribution in [1.29, 1.82) is 0 Å². The Morgan fingerprint density at radius 3 is 2.43 bits per heavy atom. The highest BCUT2D eigenvalue weighted by Crippen LogP contribution is 2.25. The number of likely N-dealkylation sites (N-methyl/N-ethyl adjacent to an activating group) is 2. The molecular formula is C22H28Cl2N2O2. The third kappa shape index (κ3) is 6.49. The number of halogens is 2. The second-order valence-electron chi connectivity index (χ2n) is 6.74. The third-order valence-corrected chi connectivity index (χ3v) is 5.61. The van der Waals surface area contributed by atoms with Crippen LogP contribution in [0.3, 0.4) is 0 Å². The van der Waals surface area contributed by atoms with E-state index in [9.17, 15) is 4.79 Å². The molecule has 4 nitrogen and oxygen atoms in total. The summed E-state index contributed by atoms with van der Waals surface area (Å²) in [5.41, 5.74) is 1.97. The van der Waals surface area contributed by atoms with Gasteiger partial charge in [-0.2, -0.15) is 0 Å². The van der Waals surface area contributed by atoms with Crippen LogP contribution < -0.4 is 0 Å². The topological polar surface area (TPSA) is 32.8 Å². The lowest BCUT2D eigenvalue weighted by Crippen LogP contribution is -2.41. The Morgan fingerprint density at radius 1 is 1.11 bits per heavy atom. The van der Waals surface area contributed by atoms with Crippen LogP contribution in [0.15, 0.2) is 48.5 Å². The summed E-state index contributed by atoms with van der Waals surface area (Å²) < 4.78 is 5.22. The fourth-order valence-corrected chi connectivity index (χ4v) is 3.41. The number of nitrogens with zero attached hydrogens (tertiary/aromatic N) is 2. The van der Waals surface area contributed by atoms with Crippen LogP contribution in [0.1, 0.15) is 24.1 Å². The van der Waals surface area contributed by atoms with E-state index in [1.165, 1.54) is 0 Å². The summed E-state index contributed by atoms with van der Waals surface area (Å²) in [6.07, 6.45) is 0.279. The number of amides is 1. The first-order valence-electron chi connectivity index (χ1n) is 9.42. The summed E-state index contributed by atoms with van der Waals surface area (Å²) in [5.74, 6) is 0.0371. The molecule has 0 aliphatic carbocycles. The molecule has 6 heteroatoms. The van der Waals surface area contributed by atoms with Crippen LogP contribution >= 0.6 is 23.2 Å². The number of carbonyl (C=O) groups is 1. The molecule has 1 atom stereocenters. The van der Waals surface area contributed by atoms with Crippen LogP contribution in [0.25, 0.3) is 0 Å². The van der Waals surface area contributed by atoms with E-state index in [4.69, 9.17) is 27.9 Å². The van der Waals surface area contributed by atoms with Gasteiger partial charge >= 0.3 is 0 Å². The van der Waals surface area contributed by atoms with Gasteiger partial charge in [0.25, 0.3) is 0 Å². The summed E-state index contributed by atoms with van der Waals surface area (Å²) in [5, 5.41) is 0.955. The van der Waals surface area contributed by atoms with Gasteiger partial charge in [0, 0.05) is 27.2 Å². The Kier molecular flexibility index (Phi) is 9.26. The molecule has 0 fully saturated rings. The van der Waals surface area contributed by atoms with E-state index in [2.05, 4.69) is 24.0 Å². The number of methoxy groups -OCH3 is 1. The lowest BCUT2D eigenvalue weighted by Gasteiger charge is -2.33. The molecule has 2 aromatic carbocycles. The molecule has 28 heavy (non-hydrogen) atoms. The lowest BCUT2D eigenvalue weighted by atomic mass is 10.0. The van der Waals surface area contributed by atoms with Crippen molar-refractivity contribution in [1.82, 2.24) is 9.80 Å². The average Bonchev–Trinajstić information content (AvgIpc) is 2.71. The number of hydrogen-bond donors (Lipinski definition) is 0. The van der Waals surface area contributed by atoms with Crippen molar-refractivity contribution >= 4 is 29.1 Å². The molecule has 0 heterocycles. The van der Waals surface area contributed by atoms with Crippen molar-refractivity contribution in [2.45, 2.75) is 19.4 Å². The summed E-state index contributed by atoms with van der Waals surface area (Å²) in [7, 11) is 3.57. The van der Waals surface area contributed by atoms with Gasteiger partial charge in [-0.15, -0.1) is 0 Å². The first-order chi connectivity index (χ1) is 13.5. The zero-order chi connectivity index (χ0) is 20.5. The highest BCUT2D eigenvalue weighted by atomic mass is 35.5. The summed E-state index contributed by atoms with van der Waals surface area (Å²) in [4.78, 5) is 17.1. The van der Waals surface area contributed by atoms with E-state index in [1.807, 2.05) is 36.2 Å². The van der Waals surface area contributed by atoms with Gasteiger partial charge in [-0.1, -0.05) is 66.5 Å². The standard InChI is InChI=1S/C22H28Cl2N2O2/c1-4-26(12-13-28-3)16-21(18-8-6-5-7-9-18)25(2)22(27)15-17-10-11-19(23)20(24)14-17/h5-11,14,21H,4,12-13,15-16H2,1-3H3/t21-/m1/s1. The van der Waals surface area contributed by atoms with Gasteiger partial charge in [-0.3, -0.25) is 9.69 Å². The van der Waals surface area contributed by atoms with Crippen LogP contribution in [0, 0.1) is 0 Å². The monoisotopic (exact) mass is 422 g/mol. The van der Waals surface area contributed by atoms with Crippen LogP contribution in [0.2, 0.25) is 10.0 Å². The molecule has 0 unspecified atom stereocenters. The van der Waals surface area contributed by atoms with E-state index < -0.39 is 0 Å². The first kappa shape index (κ1) is 22.7. The van der Waals surface area contributed by atoms with Crippen molar-refractivity contribution in [3.63, 3.8) is 0 Å². The number of hydrogen-bond acceptors (Lipinski definition) is 3. The minimum absolute atomic E-state index is 0.0371. The zero-order valence-corrected chi connectivity index (χ0v) is 18.2. The molecule has 1 amide bonds. The molecule has 2 rings (SSSR count). The Hall–Kier alpha value is -1.59. The normalized spacial score (nSPS) is 12.2. The van der Waals surface area contributed by atoms with Crippen molar-refractivity contribution in [3.05, 3.63) is 69.7 Å². The highest BCUT2D eigenvalue weighted by molar-refractivity contribution is 6.42. The molecule has 0 saturated carbocycles. The van der Waals surface area contributed by atoms with Crippen LogP contribution in [-0.2, 0) is 16.0 Å². The smallest absolute Gasteiger partial charge is 0.227 e. The number of carbonyl (C=O) groups excluding carboxylic acids is 1. The second kappa shape index (κ2) is 11.4. The Bertz CT molecular complexity index is 755. The third-order valence-electron chi connectivity index (χ3n) is 4.87. The summed E-state index contributed by atoms with van der Waals surface area (Å²) >= 11 is 12.1. The van der Waals surface area contributed by atoms with E-state index in [0.717, 1.165) is 30.8 Å². The van der Waals surface area contributed by atoms with Gasteiger partial charge in [0.2, 0.25) is 5.91 Å². The van der Waals surface area contributed by atoms with Gasteiger partial charge in [0.1, 0.15) is 0 Å². The minimum Gasteiger partial charge on any atom is -0.383 e. The number of rotatable bonds is 10. The number of benzene rings is 2. The van der Waals surface area contributed by atoms with Crippen LogP contribution in [0.5, 0.6) is 0 Å². The summed E-state index contributed by atoms with van der Waals surface area (Å²) in [6.45, 7) is 5.24. The van der Waals surface area contributed by atoms with E-state index in [1.54, 1.807) is 19.2 Å². The molecule has 0 radical (unpaired) electrons. The molecule has 0 aliphatic rings. The molecule has 0 bridgehead atoms. The fourth-order valence-electron chi connectivity index (χ4n) is 3.09. The molecule has 0 N–H and O–H groups in total. The van der Waals surface area contributed by atoms with Crippen molar-refractivity contribution in [2.24, 2.45) is 0 Å². The van der Waals surface area contributed by atoms with Crippen LogP contribution in [-0.4, -0.2) is 56.1 Å². The van der Waals surface area contributed by atoms with Gasteiger partial charge in [0.05, 0.1) is 29.1 Å². The Balaban J connectivity index is 2.18. The Labute approximate surface area is 178 Å². The molecule has 0 saturated heterocycles. The maximum atomic E-state index is 13.0. The van der Waals surface area contributed by atoms with Gasteiger partial charge in [-0.05, 0) is 29.8 Å². The predicted octanol–water partition coefficient (Wildman–Crippen LogP) is 4.70. The number of ether oxygens (including phenoxy) is 1. The SMILES string of the molecule is CCN(CCOC)C[C@H](c1ccccc1)N(C)C(=O)Cc1ccc(Cl)c(Cl)c1. The molecule has 152 valence electrons. The lowest BCUT2D eigenvalue weighted by molar-refractivity contribution is -0.131. The quantitative estimate of drug-likeness (QED) is 0.555. The largest absolute Gasteiger partial charge is 0.383 e. The second-order valence-corrected chi connectivity index (χ2v) is 7.56. The van der Waals surface area contributed by atoms with Crippen molar-refractivity contribution in [3.8, 4) is 0 Å². The molecule has 2 aromatic rings. The molecule has 0 spiro atoms. The van der Waals surface area contributed by atoms with E-state index in [0.29, 0.717) is 16.7 Å². The van der Waals surface area contributed by atoms with Crippen LogP contribution in [0.4, 0.5) is 0 Å². The first-order valence-corrected chi connectivity index (χ1v) is 10.2. The van der Waals surface area contributed by atoms with E-state index in [-0.39, 0.29) is 18.4 Å². The van der Waals surface area contributed by atoms with Gasteiger partial charge in [-0.25, -0.2) is 0 Å². The van der Waals surface area contributed by atoms with Crippen molar-refractivity contribution in [2.75, 3.05) is 40.4 Å². The Morgan fingerprint density at radius 2 is 1.82 bits per heavy atom. The zero-order valence-electron chi connectivity index (χ0n) is 16.7. The molecule has 0 aromatic heterocycles. The van der Waals surface area contributed by atoms with Gasteiger partial charge < -0.3 is 9.64 Å². The minimum atomic E-state index is -0.0479. The average molecular weight is 423 g/mol. The maximum Gasteiger partial charge on any atom is 0.227 e. The van der Waals surface area contributed by atoms with Gasteiger partial charge in [0.15, 0.2) is 0 Å². The van der Waals surface area contributed by atoms with E-state index >= 15 is 0 Å². The highest BCUT2D eigenvalue weighted by Gasteiger charge is 2.24. The summed E-state index contributed by atoms with van der Waals surface area (Å²) in [6, 6.07) is 15.4. The fraction of sp³-hybridized carbons (Fsp3) is 0.409. The van der Waals surface area contributed by atoms with Crippen molar-refractivity contribution < 1.29 is 9.53 Å². The maximum absolute atomic E-state index is 13.0. The molecule has 0 aliphatic heterocycles.